The van der Waals surface area contributed by atoms with E-state index in [0.29, 0.717) is 0 Å². The third kappa shape index (κ3) is 5.74. The summed E-state index contributed by atoms with van der Waals surface area (Å²) in [5.74, 6) is -0.207. The van der Waals surface area contributed by atoms with E-state index in [4.69, 9.17) is 4.74 Å². The summed E-state index contributed by atoms with van der Waals surface area (Å²) in [6.45, 7) is 10.1. The summed E-state index contributed by atoms with van der Waals surface area (Å²) >= 11 is 0. The van der Waals surface area contributed by atoms with Crippen LogP contribution < -0.4 is 5.32 Å². The molecule has 0 aliphatic carbocycles. The van der Waals surface area contributed by atoms with E-state index in [1.807, 2.05) is 20.8 Å². The number of hydrogen-bond donors (Lipinski definition) is 1. The fourth-order valence-corrected chi connectivity index (χ4v) is 2.07. The number of carbonyl (C=O) groups is 1. The van der Waals surface area contributed by atoms with E-state index >= 15 is 0 Å². The Morgan fingerprint density at radius 3 is 2.25 bits per heavy atom. The molecule has 112 valence electrons. The van der Waals surface area contributed by atoms with Gasteiger partial charge in [0.15, 0.2) is 0 Å². The van der Waals surface area contributed by atoms with E-state index in [-0.39, 0.29) is 18.6 Å². The lowest BCUT2D eigenvalue weighted by atomic mass is 10.0. The average Bonchev–Trinajstić information content (AvgIpc) is 2.38. The van der Waals surface area contributed by atoms with Gasteiger partial charge in [0.25, 0.3) is 0 Å². The minimum atomic E-state index is -0.427. The van der Waals surface area contributed by atoms with Gasteiger partial charge in [-0.2, -0.15) is 0 Å². The van der Waals surface area contributed by atoms with Crippen molar-refractivity contribution in [2.45, 2.75) is 59.1 Å². The first-order valence-corrected chi connectivity index (χ1v) is 7.39. The second-order valence-electron chi connectivity index (χ2n) is 6.02. The zero-order valence-electron chi connectivity index (χ0n) is 13.3. The van der Waals surface area contributed by atoms with Crippen molar-refractivity contribution in [2.24, 2.45) is 0 Å². The molecule has 1 N–H and O–H groups in total. The molecule has 0 heterocycles. The number of rotatable bonds is 6. The van der Waals surface area contributed by atoms with Crippen molar-refractivity contribution >= 4 is 5.97 Å². The van der Waals surface area contributed by atoms with Crippen LogP contribution >= 0.6 is 0 Å². The van der Waals surface area contributed by atoms with Gasteiger partial charge < -0.3 is 10.1 Å². The summed E-state index contributed by atoms with van der Waals surface area (Å²) in [5.41, 5.74) is 2.12. The highest BCUT2D eigenvalue weighted by atomic mass is 16.6. The second kappa shape index (κ2) is 7.44. The van der Waals surface area contributed by atoms with Crippen molar-refractivity contribution in [1.29, 1.82) is 0 Å². The van der Waals surface area contributed by atoms with Gasteiger partial charge in [0, 0.05) is 6.04 Å². The van der Waals surface area contributed by atoms with Crippen LogP contribution in [0.25, 0.3) is 0 Å². The summed E-state index contributed by atoms with van der Waals surface area (Å²) in [4.78, 5) is 11.7. The molecule has 0 spiro atoms. The van der Waals surface area contributed by atoms with Gasteiger partial charge in [-0.05, 0) is 44.7 Å². The molecule has 3 nitrogen and oxygen atoms in total. The molecule has 0 radical (unpaired) electrons. The minimum Gasteiger partial charge on any atom is -0.459 e. The van der Waals surface area contributed by atoms with Crippen molar-refractivity contribution in [2.75, 3.05) is 6.54 Å². The number of benzene rings is 1. The van der Waals surface area contributed by atoms with Crippen LogP contribution in [0.5, 0.6) is 0 Å². The molecule has 3 heteroatoms. The highest BCUT2D eigenvalue weighted by Crippen LogP contribution is 2.17. The Labute approximate surface area is 122 Å². The smallest absolute Gasteiger partial charge is 0.320 e. The highest BCUT2D eigenvalue weighted by Gasteiger charge is 2.17. The quantitative estimate of drug-likeness (QED) is 0.807. The summed E-state index contributed by atoms with van der Waals surface area (Å²) < 4.78 is 5.30. The zero-order valence-corrected chi connectivity index (χ0v) is 13.3. The summed E-state index contributed by atoms with van der Waals surface area (Å²) in [6, 6.07) is 8.75. The largest absolute Gasteiger partial charge is 0.459 e. The van der Waals surface area contributed by atoms with Crippen LogP contribution in [0.4, 0.5) is 0 Å². The van der Waals surface area contributed by atoms with E-state index in [1.54, 1.807) is 0 Å². The van der Waals surface area contributed by atoms with E-state index < -0.39 is 5.60 Å². The van der Waals surface area contributed by atoms with Gasteiger partial charge in [0.1, 0.15) is 5.60 Å². The molecule has 1 aromatic rings. The molecule has 0 saturated heterocycles. The van der Waals surface area contributed by atoms with Crippen LogP contribution in [0.3, 0.4) is 0 Å². The molecular formula is C17H27NO2. The van der Waals surface area contributed by atoms with Crippen LogP contribution in [0, 0.1) is 0 Å². The van der Waals surface area contributed by atoms with Gasteiger partial charge in [-0.15, -0.1) is 0 Å². The topological polar surface area (TPSA) is 38.3 Å². The van der Waals surface area contributed by atoms with Crippen LogP contribution in [-0.2, 0) is 16.0 Å². The Morgan fingerprint density at radius 2 is 1.80 bits per heavy atom. The van der Waals surface area contributed by atoms with Gasteiger partial charge in [0.05, 0.1) is 6.54 Å². The molecule has 0 aliphatic heterocycles. The highest BCUT2D eigenvalue weighted by molar-refractivity contribution is 5.72. The number of hydrogen-bond acceptors (Lipinski definition) is 3. The Morgan fingerprint density at radius 1 is 1.20 bits per heavy atom. The lowest BCUT2D eigenvalue weighted by Crippen LogP contribution is -2.33. The van der Waals surface area contributed by atoms with Crippen molar-refractivity contribution in [3.8, 4) is 0 Å². The van der Waals surface area contributed by atoms with Crippen molar-refractivity contribution in [1.82, 2.24) is 5.32 Å². The average molecular weight is 277 g/mol. The SMILES string of the molecule is CCc1ccc(C(CC)NCC(=O)OC(C)(C)C)cc1. The van der Waals surface area contributed by atoms with Gasteiger partial charge in [0.2, 0.25) is 0 Å². The minimum absolute atomic E-state index is 0.188. The normalized spacial score (nSPS) is 13.1. The van der Waals surface area contributed by atoms with Crippen LogP contribution in [0.15, 0.2) is 24.3 Å². The van der Waals surface area contributed by atoms with E-state index in [1.165, 1.54) is 11.1 Å². The molecule has 20 heavy (non-hydrogen) atoms. The first-order chi connectivity index (χ1) is 9.35. The van der Waals surface area contributed by atoms with Gasteiger partial charge in [-0.25, -0.2) is 0 Å². The van der Waals surface area contributed by atoms with E-state index in [2.05, 4.69) is 43.4 Å². The maximum atomic E-state index is 11.7. The summed E-state index contributed by atoms with van der Waals surface area (Å²) in [7, 11) is 0. The lowest BCUT2D eigenvalue weighted by Gasteiger charge is -2.22. The third-order valence-corrected chi connectivity index (χ3v) is 3.11. The van der Waals surface area contributed by atoms with Crippen molar-refractivity contribution in [3.63, 3.8) is 0 Å². The molecule has 0 bridgehead atoms. The Bertz CT molecular complexity index is 418. The van der Waals surface area contributed by atoms with Crippen molar-refractivity contribution in [3.05, 3.63) is 35.4 Å². The number of aryl methyl sites for hydroxylation is 1. The van der Waals surface area contributed by atoms with Gasteiger partial charge in [-0.1, -0.05) is 38.1 Å². The number of esters is 1. The number of nitrogens with one attached hydrogen (secondary N) is 1. The number of carbonyl (C=O) groups excluding carboxylic acids is 1. The predicted octanol–water partition coefficient (Wildman–Crippen LogP) is 3.63. The molecular weight excluding hydrogens is 250 g/mol. The Kier molecular flexibility index (Phi) is 6.21. The maximum absolute atomic E-state index is 11.7. The summed E-state index contributed by atoms with van der Waals surface area (Å²) in [6.07, 6.45) is 1.98. The molecule has 1 atom stereocenters. The molecule has 0 saturated carbocycles. The van der Waals surface area contributed by atoms with E-state index in [0.717, 1.165) is 12.8 Å². The first-order valence-electron chi connectivity index (χ1n) is 7.39. The fourth-order valence-electron chi connectivity index (χ4n) is 2.07. The standard InChI is InChI=1S/C17H27NO2/c1-6-13-8-10-14(11-9-13)15(7-2)18-12-16(19)20-17(3,4)5/h8-11,15,18H,6-7,12H2,1-5H3. The van der Waals surface area contributed by atoms with Crippen LogP contribution in [0.1, 0.15) is 58.2 Å². The fraction of sp³-hybridized carbons (Fsp3) is 0.588. The lowest BCUT2D eigenvalue weighted by molar-refractivity contribution is -0.153. The zero-order chi connectivity index (χ0) is 15.2. The maximum Gasteiger partial charge on any atom is 0.320 e. The molecule has 1 aromatic carbocycles. The van der Waals surface area contributed by atoms with E-state index in [9.17, 15) is 4.79 Å². The molecule has 1 rings (SSSR count). The molecule has 0 aliphatic rings. The first kappa shape index (κ1) is 16.7. The van der Waals surface area contributed by atoms with Crippen LogP contribution in [0.2, 0.25) is 0 Å². The Hall–Kier alpha value is -1.35. The van der Waals surface area contributed by atoms with Crippen LogP contribution in [-0.4, -0.2) is 18.1 Å². The second-order valence-corrected chi connectivity index (χ2v) is 6.02. The van der Waals surface area contributed by atoms with Crippen molar-refractivity contribution < 1.29 is 9.53 Å². The molecule has 1 unspecified atom stereocenters. The number of ether oxygens (including phenoxy) is 1. The third-order valence-electron chi connectivity index (χ3n) is 3.11. The van der Waals surface area contributed by atoms with Gasteiger partial charge >= 0.3 is 5.97 Å². The predicted molar refractivity (Wildman–Crippen MR) is 82.7 cm³/mol. The molecule has 0 amide bonds. The Balaban J connectivity index is 2.56. The molecule has 0 aromatic heterocycles. The summed E-state index contributed by atoms with van der Waals surface area (Å²) in [5, 5.41) is 3.27. The van der Waals surface area contributed by atoms with Gasteiger partial charge in [-0.3, -0.25) is 4.79 Å². The monoisotopic (exact) mass is 277 g/mol. The molecule has 0 fully saturated rings.